The minimum absolute atomic E-state index is 0.0105. The van der Waals surface area contributed by atoms with Gasteiger partial charge in [-0.1, -0.05) is 29.3 Å². The van der Waals surface area contributed by atoms with Gasteiger partial charge in [0.25, 0.3) is 5.91 Å². The molecule has 0 fully saturated rings. The Bertz CT molecular complexity index is 642. The average Bonchev–Trinajstić information content (AvgIpc) is 2.45. The first-order valence-corrected chi connectivity index (χ1v) is 7.08. The molecule has 0 aliphatic rings. The van der Waals surface area contributed by atoms with Gasteiger partial charge in [-0.15, -0.1) is 0 Å². The molecule has 2 aromatic rings. The Kier molecular flexibility index (Phi) is 5.17. The standard InChI is InChI=1S/C15H14Cl2N2O2/c1-9-10(4-3-7-18-9)15(21)19-8-13(20)14-11(16)5-2-6-12(14)17/h2-7,13,20H,8H2,1H3,(H,19,21)/t13-/m1/s1. The van der Waals surface area contributed by atoms with Crippen molar-refractivity contribution in [1.29, 1.82) is 0 Å². The third kappa shape index (κ3) is 3.73. The molecule has 2 N–H and O–H groups in total. The second-order valence-electron chi connectivity index (χ2n) is 4.50. The van der Waals surface area contributed by atoms with Gasteiger partial charge < -0.3 is 10.4 Å². The molecule has 0 bridgehead atoms. The van der Waals surface area contributed by atoms with Crippen LogP contribution in [0.4, 0.5) is 0 Å². The van der Waals surface area contributed by atoms with Crippen LogP contribution in [0.3, 0.4) is 0 Å². The fraction of sp³-hybridized carbons (Fsp3) is 0.200. The van der Waals surface area contributed by atoms with E-state index in [4.69, 9.17) is 23.2 Å². The monoisotopic (exact) mass is 324 g/mol. The van der Waals surface area contributed by atoms with Crippen LogP contribution in [0, 0.1) is 6.92 Å². The van der Waals surface area contributed by atoms with E-state index in [9.17, 15) is 9.90 Å². The topological polar surface area (TPSA) is 62.2 Å². The number of aryl methyl sites for hydroxylation is 1. The molecule has 0 unspecified atom stereocenters. The highest BCUT2D eigenvalue weighted by molar-refractivity contribution is 6.36. The van der Waals surface area contributed by atoms with Crippen molar-refractivity contribution in [3.8, 4) is 0 Å². The quantitative estimate of drug-likeness (QED) is 0.908. The lowest BCUT2D eigenvalue weighted by Gasteiger charge is -2.15. The molecule has 4 nitrogen and oxygen atoms in total. The average molecular weight is 325 g/mol. The van der Waals surface area contributed by atoms with Crippen molar-refractivity contribution < 1.29 is 9.90 Å². The summed E-state index contributed by atoms with van der Waals surface area (Å²) in [6.45, 7) is 1.76. The number of nitrogens with zero attached hydrogens (tertiary/aromatic N) is 1. The minimum atomic E-state index is -0.980. The van der Waals surface area contributed by atoms with Crippen molar-refractivity contribution in [1.82, 2.24) is 10.3 Å². The number of halogens is 2. The number of pyridine rings is 1. The lowest BCUT2D eigenvalue weighted by atomic mass is 10.1. The van der Waals surface area contributed by atoms with Crippen molar-refractivity contribution in [2.24, 2.45) is 0 Å². The molecule has 0 aliphatic carbocycles. The maximum Gasteiger partial charge on any atom is 0.253 e. The summed E-state index contributed by atoms with van der Waals surface area (Å²) >= 11 is 12.0. The molecule has 1 amide bonds. The highest BCUT2D eigenvalue weighted by Crippen LogP contribution is 2.29. The summed E-state index contributed by atoms with van der Waals surface area (Å²) in [6, 6.07) is 8.33. The highest BCUT2D eigenvalue weighted by Gasteiger charge is 2.17. The maximum absolute atomic E-state index is 12.0. The summed E-state index contributed by atoms with van der Waals surface area (Å²) in [5.74, 6) is -0.303. The SMILES string of the molecule is Cc1ncccc1C(=O)NC[C@@H](O)c1c(Cl)cccc1Cl. The number of amides is 1. The molecule has 1 aromatic heterocycles. The lowest BCUT2D eigenvalue weighted by Crippen LogP contribution is -2.29. The van der Waals surface area contributed by atoms with Crippen LogP contribution in [0.25, 0.3) is 0 Å². The lowest BCUT2D eigenvalue weighted by molar-refractivity contribution is 0.0915. The van der Waals surface area contributed by atoms with E-state index in [0.29, 0.717) is 26.9 Å². The Labute approximate surface area is 132 Å². The molecule has 110 valence electrons. The molecule has 21 heavy (non-hydrogen) atoms. The number of hydrogen-bond donors (Lipinski definition) is 2. The van der Waals surface area contributed by atoms with Crippen LogP contribution in [-0.4, -0.2) is 22.5 Å². The van der Waals surface area contributed by atoms with Gasteiger partial charge in [-0.25, -0.2) is 0 Å². The first-order chi connectivity index (χ1) is 10.0. The minimum Gasteiger partial charge on any atom is -0.386 e. The smallest absolute Gasteiger partial charge is 0.253 e. The molecule has 1 aromatic carbocycles. The fourth-order valence-electron chi connectivity index (χ4n) is 1.94. The molecule has 0 saturated heterocycles. The normalized spacial score (nSPS) is 12.0. The third-order valence-corrected chi connectivity index (χ3v) is 3.70. The number of benzene rings is 1. The second kappa shape index (κ2) is 6.89. The molecule has 2 rings (SSSR count). The van der Waals surface area contributed by atoms with Crippen LogP contribution in [0.15, 0.2) is 36.5 Å². The van der Waals surface area contributed by atoms with Crippen LogP contribution in [0.2, 0.25) is 10.0 Å². The maximum atomic E-state index is 12.0. The zero-order chi connectivity index (χ0) is 15.4. The van der Waals surface area contributed by atoms with Gasteiger partial charge >= 0.3 is 0 Å². The number of carbonyl (C=O) groups is 1. The van der Waals surface area contributed by atoms with Crippen molar-refractivity contribution in [2.75, 3.05) is 6.54 Å². The Balaban J connectivity index is 2.06. The summed E-state index contributed by atoms with van der Waals surface area (Å²) < 4.78 is 0. The van der Waals surface area contributed by atoms with Gasteiger partial charge in [0.05, 0.1) is 11.7 Å². The van der Waals surface area contributed by atoms with Crippen LogP contribution in [0.1, 0.15) is 27.7 Å². The van der Waals surface area contributed by atoms with Crippen LogP contribution >= 0.6 is 23.2 Å². The second-order valence-corrected chi connectivity index (χ2v) is 5.31. The van der Waals surface area contributed by atoms with Gasteiger partial charge in [0.1, 0.15) is 0 Å². The summed E-state index contributed by atoms with van der Waals surface area (Å²) in [5, 5.41) is 13.5. The van der Waals surface area contributed by atoms with Crippen molar-refractivity contribution in [2.45, 2.75) is 13.0 Å². The Morgan fingerprint density at radius 1 is 1.29 bits per heavy atom. The summed E-state index contributed by atoms with van der Waals surface area (Å²) in [7, 11) is 0. The van der Waals surface area contributed by atoms with Gasteiger partial charge in [0.2, 0.25) is 0 Å². The van der Waals surface area contributed by atoms with E-state index in [1.807, 2.05) is 0 Å². The van der Waals surface area contributed by atoms with E-state index < -0.39 is 6.10 Å². The molecule has 1 heterocycles. The molecule has 1 atom stereocenters. The van der Waals surface area contributed by atoms with E-state index in [1.54, 1.807) is 43.5 Å². The fourth-order valence-corrected chi connectivity index (χ4v) is 2.59. The van der Waals surface area contributed by atoms with Crippen LogP contribution < -0.4 is 5.32 Å². The van der Waals surface area contributed by atoms with Crippen molar-refractivity contribution in [3.05, 3.63) is 63.4 Å². The van der Waals surface area contributed by atoms with Gasteiger partial charge in [0.15, 0.2) is 0 Å². The van der Waals surface area contributed by atoms with Gasteiger partial charge in [0, 0.05) is 34.0 Å². The van der Waals surface area contributed by atoms with Crippen molar-refractivity contribution in [3.63, 3.8) is 0 Å². The Morgan fingerprint density at radius 2 is 1.95 bits per heavy atom. The van der Waals surface area contributed by atoms with Gasteiger partial charge in [-0.3, -0.25) is 9.78 Å². The number of nitrogens with one attached hydrogen (secondary N) is 1. The number of aliphatic hydroxyl groups excluding tert-OH is 1. The van der Waals surface area contributed by atoms with Crippen LogP contribution in [0.5, 0.6) is 0 Å². The van der Waals surface area contributed by atoms with Crippen molar-refractivity contribution >= 4 is 29.1 Å². The third-order valence-electron chi connectivity index (χ3n) is 3.04. The summed E-state index contributed by atoms with van der Waals surface area (Å²) in [5.41, 5.74) is 1.50. The molecule has 0 radical (unpaired) electrons. The largest absolute Gasteiger partial charge is 0.386 e. The van der Waals surface area contributed by atoms with E-state index in [2.05, 4.69) is 10.3 Å². The predicted octanol–water partition coefficient (Wildman–Crippen LogP) is 3.16. The number of carbonyl (C=O) groups excluding carboxylic acids is 1. The van der Waals surface area contributed by atoms with E-state index in [-0.39, 0.29) is 12.5 Å². The molecule has 0 aliphatic heterocycles. The van der Waals surface area contributed by atoms with E-state index in [1.165, 1.54) is 0 Å². The zero-order valence-electron chi connectivity index (χ0n) is 11.3. The molecule has 6 heteroatoms. The Morgan fingerprint density at radius 3 is 2.57 bits per heavy atom. The number of hydrogen-bond acceptors (Lipinski definition) is 3. The van der Waals surface area contributed by atoms with E-state index >= 15 is 0 Å². The first kappa shape index (κ1) is 15.8. The first-order valence-electron chi connectivity index (χ1n) is 6.32. The van der Waals surface area contributed by atoms with Gasteiger partial charge in [-0.2, -0.15) is 0 Å². The summed E-state index contributed by atoms with van der Waals surface area (Å²) in [6.07, 6.45) is 0.636. The van der Waals surface area contributed by atoms with E-state index in [0.717, 1.165) is 0 Å². The molecular weight excluding hydrogens is 311 g/mol. The van der Waals surface area contributed by atoms with Gasteiger partial charge in [-0.05, 0) is 31.2 Å². The molecular formula is C15H14Cl2N2O2. The number of rotatable bonds is 4. The summed E-state index contributed by atoms with van der Waals surface area (Å²) in [4.78, 5) is 16.1. The number of aromatic nitrogens is 1. The molecule has 0 saturated carbocycles. The van der Waals surface area contributed by atoms with Crippen LogP contribution in [-0.2, 0) is 0 Å². The highest BCUT2D eigenvalue weighted by atomic mass is 35.5. The zero-order valence-corrected chi connectivity index (χ0v) is 12.8. The number of aliphatic hydroxyl groups is 1. The molecule has 0 spiro atoms. The Hall–Kier alpha value is -1.62. The predicted molar refractivity (Wildman–Crippen MR) is 82.7 cm³/mol.